The number of carbonyl (C=O) groups excluding carboxylic acids is 1. The number of anilines is 2. The molecule has 7 nitrogen and oxygen atoms in total. The van der Waals surface area contributed by atoms with E-state index in [1.165, 1.54) is 31.0 Å². The molecule has 1 saturated heterocycles. The third kappa shape index (κ3) is 6.24. The van der Waals surface area contributed by atoms with Crippen LogP contribution in [-0.2, 0) is 0 Å². The third-order valence-corrected chi connectivity index (χ3v) is 5.73. The number of likely N-dealkylation sites (tertiary alicyclic amines) is 1. The van der Waals surface area contributed by atoms with Crippen molar-refractivity contribution in [3.8, 4) is 0 Å². The molecule has 1 aliphatic heterocycles. The quantitative estimate of drug-likeness (QED) is 0.357. The van der Waals surface area contributed by atoms with Gasteiger partial charge in [0.1, 0.15) is 11.5 Å². The number of nitro groups is 1. The van der Waals surface area contributed by atoms with Gasteiger partial charge in [-0.05, 0) is 81.6 Å². The van der Waals surface area contributed by atoms with Crippen LogP contribution in [0.1, 0.15) is 42.1 Å². The van der Waals surface area contributed by atoms with Crippen LogP contribution < -0.4 is 10.6 Å². The van der Waals surface area contributed by atoms with E-state index in [1.807, 2.05) is 0 Å². The molecule has 0 bridgehead atoms. The van der Waals surface area contributed by atoms with Gasteiger partial charge in [-0.25, -0.2) is 4.39 Å². The summed E-state index contributed by atoms with van der Waals surface area (Å²) in [6.45, 7) is 7.69. The molecule has 0 atom stereocenters. The summed E-state index contributed by atoms with van der Waals surface area (Å²) in [7, 11) is 0. The third-order valence-electron chi connectivity index (χ3n) is 5.73. The molecule has 0 aromatic heterocycles. The average Bonchev–Trinajstić information content (AvgIpc) is 2.75. The first-order valence-corrected chi connectivity index (χ1v) is 10.7. The molecule has 0 spiro atoms. The molecule has 0 radical (unpaired) electrons. The Hall–Kier alpha value is -3.00. The van der Waals surface area contributed by atoms with Gasteiger partial charge in [0.05, 0.1) is 4.92 Å². The van der Waals surface area contributed by atoms with Crippen molar-refractivity contribution in [3.05, 3.63) is 63.5 Å². The summed E-state index contributed by atoms with van der Waals surface area (Å²) in [5.41, 5.74) is 1.13. The Labute approximate surface area is 181 Å². The lowest BCUT2D eigenvalue weighted by atomic mass is 9.99. The second kappa shape index (κ2) is 10.3. The summed E-state index contributed by atoms with van der Waals surface area (Å²) in [4.78, 5) is 25.9. The van der Waals surface area contributed by atoms with Crippen LogP contribution in [-0.4, -0.2) is 41.9 Å². The minimum Gasteiger partial charge on any atom is -0.379 e. The van der Waals surface area contributed by atoms with Gasteiger partial charge in [-0.15, -0.1) is 0 Å². The summed E-state index contributed by atoms with van der Waals surface area (Å²) in [5, 5.41) is 17.2. The summed E-state index contributed by atoms with van der Waals surface area (Å²) in [6, 6.07) is 8.69. The maximum absolute atomic E-state index is 13.7. The van der Waals surface area contributed by atoms with Gasteiger partial charge in [0.15, 0.2) is 0 Å². The Bertz CT molecular complexity index is 942. The van der Waals surface area contributed by atoms with Crippen molar-refractivity contribution in [3.63, 3.8) is 0 Å². The molecule has 0 aliphatic carbocycles. The van der Waals surface area contributed by atoms with Gasteiger partial charge < -0.3 is 15.5 Å². The number of hydrogen-bond acceptors (Lipinski definition) is 5. The Morgan fingerprint density at radius 1 is 1.23 bits per heavy atom. The molecule has 1 aliphatic rings. The molecule has 1 fully saturated rings. The molecule has 8 heteroatoms. The smallest absolute Gasteiger partial charge is 0.293 e. The number of rotatable bonds is 8. The van der Waals surface area contributed by atoms with Gasteiger partial charge in [0.25, 0.3) is 11.6 Å². The number of nitrogens with one attached hydrogen (secondary N) is 2. The summed E-state index contributed by atoms with van der Waals surface area (Å²) < 4.78 is 13.7. The molecule has 0 unspecified atom stereocenters. The van der Waals surface area contributed by atoms with E-state index >= 15 is 0 Å². The molecule has 1 heterocycles. The number of amides is 1. The number of hydrogen-bond donors (Lipinski definition) is 2. The van der Waals surface area contributed by atoms with Crippen LogP contribution >= 0.6 is 0 Å². The number of aryl methyl sites for hydroxylation is 1. The second-order valence-corrected chi connectivity index (χ2v) is 8.21. The lowest BCUT2D eigenvalue weighted by Gasteiger charge is -2.30. The topological polar surface area (TPSA) is 87.5 Å². The molecule has 1 amide bonds. The highest BCUT2D eigenvalue weighted by atomic mass is 19.1. The fourth-order valence-electron chi connectivity index (χ4n) is 3.66. The molecular formula is C23H29FN4O3. The normalized spacial score (nSPS) is 14.9. The van der Waals surface area contributed by atoms with E-state index < -0.39 is 16.6 Å². The van der Waals surface area contributed by atoms with E-state index in [-0.39, 0.29) is 11.3 Å². The van der Waals surface area contributed by atoms with Crippen LogP contribution in [0.25, 0.3) is 0 Å². The van der Waals surface area contributed by atoms with Gasteiger partial charge in [0.2, 0.25) is 0 Å². The van der Waals surface area contributed by atoms with Crippen molar-refractivity contribution in [1.82, 2.24) is 4.90 Å². The lowest BCUT2D eigenvalue weighted by molar-refractivity contribution is -0.384. The summed E-state index contributed by atoms with van der Waals surface area (Å²) >= 11 is 0. The Balaban J connectivity index is 1.59. The number of halogens is 1. The summed E-state index contributed by atoms with van der Waals surface area (Å²) in [6.07, 6.45) is 3.32. The van der Waals surface area contributed by atoms with Crippen LogP contribution in [0.5, 0.6) is 0 Å². The number of benzene rings is 2. The van der Waals surface area contributed by atoms with E-state index in [0.29, 0.717) is 23.5 Å². The van der Waals surface area contributed by atoms with Crippen molar-refractivity contribution < 1.29 is 14.1 Å². The van der Waals surface area contributed by atoms with Crippen LogP contribution in [0.2, 0.25) is 0 Å². The van der Waals surface area contributed by atoms with Crippen LogP contribution in [0, 0.1) is 28.8 Å². The van der Waals surface area contributed by atoms with E-state index in [0.717, 1.165) is 32.0 Å². The molecular weight excluding hydrogens is 399 g/mol. The predicted molar refractivity (Wildman–Crippen MR) is 120 cm³/mol. The SMILES string of the molecule is Cc1ccc(NC(=O)c2ccc(NCCCN3CCC(C)CC3)c([N+](=O)[O-])c2)cc1F. The van der Waals surface area contributed by atoms with Gasteiger partial charge in [0, 0.05) is 23.9 Å². The first-order chi connectivity index (χ1) is 14.8. The zero-order valence-corrected chi connectivity index (χ0v) is 18.0. The molecule has 2 aromatic rings. The minimum atomic E-state index is -0.530. The fraction of sp³-hybridized carbons (Fsp3) is 0.435. The molecule has 31 heavy (non-hydrogen) atoms. The predicted octanol–water partition coefficient (Wildman–Crippen LogP) is 4.83. The molecule has 166 valence electrons. The largest absolute Gasteiger partial charge is 0.379 e. The maximum Gasteiger partial charge on any atom is 0.293 e. The minimum absolute atomic E-state index is 0.140. The number of carbonyl (C=O) groups is 1. The molecule has 2 N–H and O–H groups in total. The highest BCUT2D eigenvalue weighted by molar-refractivity contribution is 6.05. The van der Waals surface area contributed by atoms with Gasteiger partial charge in [-0.3, -0.25) is 14.9 Å². The van der Waals surface area contributed by atoms with E-state index in [1.54, 1.807) is 25.1 Å². The average molecular weight is 429 g/mol. The van der Waals surface area contributed by atoms with Gasteiger partial charge >= 0.3 is 0 Å². The monoisotopic (exact) mass is 428 g/mol. The van der Waals surface area contributed by atoms with Crippen molar-refractivity contribution in [2.45, 2.75) is 33.1 Å². The summed E-state index contributed by atoms with van der Waals surface area (Å²) in [5.74, 6) is -0.169. The molecule has 0 saturated carbocycles. The van der Waals surface area contributed by atoms with Crippen molar-refractivity contribution in [2.75, 3.05) is 36.8 Å². The number of nitrogens with zero attached hydrogens (tertiary/aromatic N) is 2. The Morgan fingerprint density at radius 2 is 1.97 bits per heavy atom. The van der Waals surface area contributed by atoms with Crippen LogP contribution in [0.15, 0.2) is 36.4 Å². The fourth-order valence-corrected chi connectivity index (χ4v) is 3.66. The maximum atomic E-state index is 13.7. The zero-order chi connectivity index (χ0) is 22.4. The second-order valence-electron chi connectivity index (χ2n) is 8.21. The number of nitro benzene ring substituents is 1. The van der Waals surface area contributed by atoms with Crippen molar-refractivity contribution in [2.24, 2.45) is 5.92 Å². The molecule has 2 aromatic carbocycles. The first-order valence-electron chi connectivity index (χ1n) is 10.7. The van der Waals surface area contributed by atoms with E-state index in [4.69, 9.17) is 0 Å². The Morgan fingerprint density at radius 3 is 2.65 bits per heavy atom. The molecule has 3 rings (SSSR count). The number of piperidine rings is 1. The van der Waals surface area contributed by atoms with E-state index in [9.17, 15) is 19.3 Å². The first kappa shape index (κ1) is 22.7. The van der Waals surface area contributed by atoms with E-state index in [2.05, 4.69) is 22.5 Å². The van der Waals surface area contributed by atoms with Gasteiger partial charge in [-0.2, -0.15) is 0 Å². The Kier molecular flexibility index (Phi) is 7.57. The van der Waals surface area contributed by atoms with Crippen LogP contribution in [0.3, 0.4) is 0 Å². The van der Waals surface area contributed by atoms with Crippen molar-refractivity contribution >= 4 is 23.0 Å². The lowest BCUT2D eigenvalue weighted by Crippen LogP contribution is -2.34. The van der Waals surface area contributed by atoms with Gasteiger partial charge in [-0.1, -0.05) is 13.0 Å². The standard InChI is InChI=1S/C23H29FN4O3/c1-16-8-12-27(13-9-16)11-3-10-25-21-7-5-18(14-22(21)28(30)31)23(29)26-19-6-4-17(2)20(24)15-19/h4-7,14-16,25H,3,8-13H2,1-2H3,(H,26,29). The highest BCUT2D eigenvalue weighted by Crippen LogP contribution is 2.26. The highest BCUT2D eigenvalue weighted by Gasteiger charge is 2.19. The van der Waals surface area contributed by atoms with Crippen LogP contribution in [0.4, 0.5) is 21.5 Å². The zero-order valence-electron chi connectivity index (χ0n) is 18.0. The van der Waals surface area contributed by atoms with Crippen molar-refractivity contribution in [1.29, 1.82) is 0 Å².